The average Bonchev–Trinajstić information content (AvgIpc) is 1.72. The minimum absolute atomic E-state index is 0.371. The van der Waals surface area contributed by atoms with Crippen molar-refractivity contribution in [1.82, 2.24) is 0 Å². The van der Waals surface area contributed by atoms with Crippen molar-refractivity contribution in [2.45, 2.75) is 6.04 Å². The fourth-order valence-electron chi connectivity index (χ4n) is 0.0825. The van der Waals surface area contributed by atoms with E-state index >= 15 is 0 Å². The van der Waals surface area contributed by atoms with Crippen LogP contribution in [0.4, 0.5) is 8.78 Å². The maximum Gasteiger partial charge on any atom is 0.239 e. The van der Waals surface area contributed by atoms with Gasteiger partial charge >= 0.3 is 0 Å². The second-order valence-electron chi connectivity index (χ2n) is 0.869. The highest BCUT2D eigenvalue weighted by atomic mass is 35.7. The van der Waals surface area contributed by atoms with Crippen LogP contribution in [0.25, 0.3) is 0 Å². The van der Waals surface area contributed by atoms with Crippen LogP contribution in [0.3, 0.4) is 0 Å². The summed E-state index contributed by atoms with van der Waals surface area (Å²) in [5, 5.41) is 0. The van der Waals surface area contributed by atoms with E-state index in [4.69, 9.17) is 22.2 Å². The summed E-state index contributed by atoms with van der Waals surface area (Å²) >= 11 is 10.5. The van der Waals surface area contributed by atoms with Gasteiger partial charge in [0.15, 0.2) is 0 Å². The molecule has 0 aliphatic rings. The molecule has 0 saturated heterocycles. The first-order chi connectivity index (χ1) is 3.77. The number of rotatable bonds is 2. The molecule has 0 N–H and O–H groups in total. The molecule has 0 atom stereocenters. The first-order valence-corrected chi connectivity index (χ1v) is 6.30. The van der Waals surface area contributed by atoms with Crippen molar-refractivity contribution in [3.05, 3.63) is 0 Å². The zero-order valence-corrected chi connectivity index (χ0v) is 7.17. The summed E-state index contributed by atoms with van der Waals surface area (Å²) in [7, 11) is -1.10. The molecule has 0 aromatic carbocycles. The van der Waals surface area contributed by atoms with Crippen molar-refractivity contribution in [2.75, 3.05) is 13.9 Å². The van der Waals surface area contributed by atoms with Crippen molar-refractivity contribution >= 4 is 29.6 Å². The second kappa shape index (κ2) is 10.6. The number of halogens is 4. The minimum atomic E-state index is -1.60. The summed E-state index contributed by atoms with van der Waals surface area (Å²) in [6, 6.07) is 0.378. The third-order valence-electron chi connectivity index (χ3n) is 0.327. The Bertz CT molecular complexity index is 36.5. The van der Waals surface area contributed by atoms with E-state index in [2.05, 4.69) is 0 Å². The van der Waals surface area contributed by atoms with Gasteiger partial charge in [0.05, 0.1) is 13.9 Å². The molecule has 0 bridgehead atoms. The highest BCUT2D eigenvalue weighted by Gasteiger charge is 1.97. The standard InChI is InChI=1S/C2H5Cl2FSi.CH3F/c3-6(4)2-1-5;1-2/h6H,1-2H2;1H3. The Labute approximate surface area is 58.8 Å². The van der Waals surface area contributed by atoms with Gasteiger partial charge in [-0.3, -0.25) is 8.78 Å². The molecule has 0 aliphatic carbocycles. The van der Waals surface area contributed by atoms with Crippen molar-refractivity contribution in [1.29, 1.82) is 0 Å². The largest absolute Gasteiger partial charge is 0.255 e. The minimum Gasteiger partial charge on any atom is -0.255 e. The van der Waals surface area contributed by atoms with Crippen molar-refractivity contribution in [3.8, 4) is 0 Å². The van der Waals surface area contributed by atoms with Gasteiger partial charge in [-0.05, 0) is 6.04 Å². The van der Waals surface area contributed by atoms with Gasteiger partial charge in [0.2, 0.25) is 7.42 Å². The molecule has 52 valence electrons. The lowest BCUT2D eigenvalue weighted by molar-refractivity contribution is 0.526. The molecule has 5 heteroatoms. The Morgan fingerprint density at radius 1 is 1.38 bits per heavy atom. The Kier molecular flexibility index (Phi) is 15.2. The van der Waals surface area contributed by atoms with E-state index in [1.807, 2.05) is 0 Å². The predicted molar refractivity (Wildman–Crippen MR) is 36.7 cm³/mol. The summed E-state index contributed by atoms with van der Waals surface area (Å²) in [6.07, 6.45) is 0. The molecule has 0 fully saturated rings. The molecule has 0 heterocycles. The van der Waals surface area contributed by atoms with Crippen LogP contribution in [0, 0.1) is 0 Å². The fraction of sp³-hybridized carbons (Fsp3) is 1.00. The van der Waals surface area contributed by atoms with Crippen LogP contribution < -0.4 is 0 Å². The fourth-order valence-corrected chi connectivity index (χ4v) is 0.742. The lowest BCUT2D eigenvalue weighted by Crippen LogP contribution is -1.90. The van der Waals surface area contributed by atoms with Crippen molar-refractivity contribution < 1.29 is 8.78 Å². The molecule has 0 aromatic heterocycles. The van der Waals surface area contributed by atoms with Gasteiger partial charge in [-0.15, -0.1) is 0 Å². The van der Waals surface area contributed by atoms with Gasteiger partial charge in [-0.25, -0.2) is 0 Å². The van der Waals surface area contributed by atoms with Gasteiger partial charge in [-0.1, -0.05) is 0 Å². The van der Waals surface area contributed by atoms with Crippen LogP contribution in [0.1, 0.15) is 0 Å². The zero-order chi connectivity index (χ0) is 6.99. The third-order valence-corrected chi connectivity index (χ3v) is 2.29. The van der Waals surface area contributed by atoms with E-state index in [0.717, 1.165) is 0 Å². The first kappa shape index (κ1) is 11.5. The second-order valence-corrected chi connectivity index (χ2v) is 6.06. The lowest BCUT2D eigenvalue weighted by atomic mass is 10.9. The number of hydrogen-bond donors (Lipinski definition) is 0. The summed E-state index contributed by atoms with van der Waals surface area (Å²) in [5.74, 6) is 0. The molecule has 0 unspecified atom stereocenters. The third kappa shape index (κ3) is 15.9. The highest BCUT2D eigenvalue weighted by Crippen LogP contribution is 2.01. The SMILES string of the molecule is CF.FCC[SiH](Cl)Cl. The summed E-state index contributed by atoms with van der Waals surface area (Å²) in [6.45, 7) is -0.371. The molecule has 0 saturated carbocycles. The van der Waals surface area contributed by atoms with Gasteiger partial charge < -0.3 is 0 Å². The Morgan fingerprint density at radius 2 is 1.75 bits per heavy atom. The van der Waals surface area contributed by atoms with Gasteiger partial charge in [-0.2, -0.15) is 22.2 Å². The van der Waals surface area contributed by atoms with Crippen molar-refractivity contribution in [3.63, 3.8) is 0 Å². The smallest absolute Gasteiger partial charge is 0.239 e. The van der Waals surface area contributed by atoms with E-state index in [0.29, 0.717) is 13.2 Å². The lowest BCUT2D eigenvalue weighted by Gasteiger charge is -1.85. The molecular formula is C3H8Cl2F2Si. The Hall–Kier alpha value is 0.657. The van der Waals surface area contributed by atoms with Crippen LogP contribution >= 0.6 is 22.2 Å². The van der Waals surface area contributed by atoms with E-state index in [9.17, 15) is 8.78 Å². The van der Waals surface area contributed by atoms with E-state index in [1.165, 1.54) is 0 Å². The predicted octanol–water partition coefficient (Wildman–Crippen LogP) is 2.24. The molecule has 0 rings (SSSR count). The van der Waals surface area contributed by atoms with E-state index in [1.54, 1.807) is 0 Å². The quantitative estimate of drug-likeness (QED) is 0.452. The number of alkyl halides is 2. The van der Waals surface area contributed by atoms with Crippen LogP contribution in [0.15, 0.2) is 0 Å². The molecular weight excluding hydrogens is 173 g/mol. The van der Waals surface area contributed by atoms with E-state index < -0.39 is 7.42 Å². The Balaban J connectivity index is 0. The molecule has 0 nitrogen and oxygen atoms in total. The molecule has 0 aliphatic heterocycles. The first-order valence-electron chi connectivity index (χ1n) is 1.99. The highest BCUT2D eigenvalue weighted by molar-refractivity contribution is 7.33. The summed E-state index contributed by atoms with van der Waals surface area (Å²) < 4.78 is 20.6. The molecule has 0 amide bonds. The van der Waals surface area contributed by atoms with E-state index in [-0.39, 0.29) is 6.67 Å². The molecule has 0 radical (unpaired) electrons. The molecule has 8 heavy (non-hydrogen) atoms. The monoisotopic (exact) mass is 180 g/mol. The van der Waals surface area contributed by atoms with Crippen LogP contribution in [0.2, 0.25) is 6.04 Å². The maximum atomic E-state index is 11.1. The normalized spacial score (nSPS) is 8.25. The van der Waals surface area contributed by atoms with Crippen LogP contribution in [-0.2, 0) is 0 Å². The molecule has 0 aromatic rings. The topological polar surface area (TPSA) is 0 Å². The zero-order valence-electron chi connectivity index (χ0n) is 4.50. The summed E-state index contributed by atoms with van der Waals surface area (Å²) in [4.78, 5) is 0. The maximum absolute atomic E-state index is 11.1. The summed E-state index contributed by atoms with van der Waals surface area (Å²) in [5.41, 5.74) is 0. The van der Waals surface area contributed by atoms with Crippen LogP contribution in [0.5, 0.6) is 0 Å². The van der Waals surface area contributed by atoms with Crippen LogP contribution in [-0.4, -0.2) is 21.3 Å². The Morgan fingerprint density at radius 3 is 1.75 bits per heavy atom. The average molecular weight is 181 g/mol. The molecule has 0 spiro atoms. The number of hydrogen-bond acceptors (Lipinski definition) is 0. The van der Waals surface area contributed by atoms with Crippen molar-refractivity contribution in [2.24, 2.45) is 0 Å². The van der Waals surface area contributed by atoms with Gasteiger partial charge in [0.25, 0.3) is 0 Å². The van der Waals surface area contributed by atoms with Gasteiger partial charge in [0.1, 0.15) is 0 Å². The van der Waals surface area contributed by atoms with Gasteiger partial charge in [0, 0.05) is 0 Å².